The first kappa shape index (κ1) is 14.3. The maximum Gasteiger partial charge on any atom is 0.129 e. The Balaban J connectivity index is 1.88. The van der Waals surface area contributed by atoms with E-state index in [4.69, 9.17) is 10.7 Å². The maximum atomic E-state index is 9.71. The van der Waals surface area contributed by atoms with Crippen molar-refractivity contribution in [3.63, 3.8) is 0 Å². The Kier molecular flexibility index (Phi) is 4.08. The molecule has 0 aliphatic carbocycles. The number of para-hydroxylation sites is 1. The lowest BCUT2D eigenvalue weighted by Crippen LogP contribution is -2.37. The zero-order valence-corrected chi connectivity index (χ0v) is 12.5. The molecule has 1 unspecified atom stereocenters. The molecule has 112 valence electrons. The molecule has 1 aromatic heterocycles. The molecule has 1 fully saturated rings. The topological polar surface area (TPSA) is 62.4 Å². The minimum Gasteiger partial charge on any atom is -0.393 e. The summed E-state index contributed by atoms with van der Waals surface area (Å²) < 4.78 is 0. The van der Waals surface area contributed by atoms with E-state index in [1.54, 1.807) is 0 Å². The second-order valence-corrected chi connectivity index (χ2v) is 5.93. The van der Waals surface area contributed by atoms with Gasteiger partial charge in [-0.3, -0.25) is 0 Å². The van der Waals surface area contributed by atoms with Crippen LogP contribution in [-0.4, -0.2) is 29.3 Å². The molecule has 1 aromatic carbocycles. The number of piperidine rings is 1. The predicted octanol–water partition coefficient (Wildman–Crippen LogP) is 2.29. The average molecular weight is 285 g/mol. The largest absolute Gasteiger partial charge is 0.393 e. The highest BCUT2D eigenvalue weighted by molar-refractivity contribution is 5.84. The van der Waals surface area contributed by atoms with Gasteiger partial charge in [0.25, 0.3) is 0 Å². The quantitative estimate of drug-likeness (QED) is 0.908. The molecular weight excluding hydrogens is 262 g/mol. The van der Waals surface area contributed by atoms with Crippen molar-refractivity contribution in [2.75, 3.05) is 18.0 Å². The van der Waals surface area contributed by atoms with Crippen molar-refractivity contribution in [2.24, 2.45) is 11.7 Å². The minimum absolute atomic E-state index is 0.212. The molecule has 1 atom stereocenters. The van der Waals surface area contributed by atoms with E-state index >= 15 is 0 Å². The predicted molar refractivity (Wildman–Crippen MR) is 86.3 cm³/mol. The number of benzene rings is 1. The van der Waals surface area contributed by atoms with Crippen molar-refractivity contribution in [3.8, 4) is 0 Å². The van der Waals surface area contributed by atoms with E-state index in [1.165, 1.54) is 0 Å². The fraction of sp³-hybridized carbons (Fsp3) is 0.471. The number of fused-ring (bicyclic) bond motifs is 1. The van der Waals surface area contributed by atoms with E-state index in [0.29, 0.717) is 12.5 Å². The van der Waals surface area contributed by atoms with E-state index in [-0.39, 0.29) is 6.10 Å². The van der Waals surface area contributed by atoms with E-state index in [0.717, 1.165) is 48.2 Å². The number of nitrogens with zero attached hydrogens (tertiary/aromatic N) is 2. The van der Waals surface area contributed by atoms with E-state index in [2.05, 4.69) is 17.0 Å². The molecule has 0 amide bonds. The summed E-state index contributed by atoms with van der Waals surface area (Å²) in [4.78, 5) is 7.10. The number of aliphatic hydroxyl groups excluding tert-OH is 1. The van der Waals surface area contributed by atoms with Crippen molar-refractivity contribution in [1.82, 2.24) is 4.98 Å². The normalized spacial score (nSPS) is 18.1. The molecule has 3 rings (SSSR count). The number of anilines is 1. The molecule has 21 heavy (non-hydrogen) atoms. The van der Waals surface area contributed by atoms with Crippen LogP contribution in [0.4, 0.5) is 5.82 Å². The summed E-state index contributed by atoms with van der Waals surface area (Å²) in [6.45, 7) is 4.32. The number of aliphatic hydroxyl groups is 1. The molecule has 1 aliphatic rings. The third-order valence-electron chi connectivity index (χ3n) is 4.55. The molecule has 3 N–H and O–H groups in total. The van der Waals surface area contributed by atoms with Gasteiger partial charge in [0.1, 0.15) is 5.82 Å². The molecule has 2 heterocycles. The lowest BCUT2D eigenvalue weighted by Gasteiger charge is -2.34. The van der Waals surface area contributed by atoms with Gasteiger partial charge < -0.3 is 15.7 Å². The van der Waals surface area contributed by atoms with Crippen molar-refractivity contribution < 1.29 is 5.11 Å². The summed E-state index contributed by atoms with van der Waals surface area (Å²) in [5.74, 6) is 1.42. The van der Waals surface area contributed by atoms with Gasteiger partial charge in [0.05, 0.1) is 11.6 Å². The average Bonchev–Trinajstić information content (AvgIpc) is 2.53. The number of nitrogens with two attached hydrogens (primary N) is 1. The molecule has 2 aromatic rings. The molecule has 1 saturated heterocycles. The Morgan fingerprint density at radius 3 is 2.71 bits per heavy atom. The van der Waals surface area contributed by atoms with Crippen molar-refractivity contribution in [1.29, 1.82) is 0 Å². The van der Waals surface area contributed by atoms with Gasteiger partial charge in [-0.2, -0.15) is 0 Å². The maximum absolute atomic E-state index is 9.71. The molecule has 0 saturated carbocycles. The first-order chi connectivity index (χ1) is 10.2. The second-order valence-electron chi connectivity index (χ2n) is 5.93. The highest BCUT2D eigenvalue weighted by Gasteiger charge is 2.23. The standard InChI is InChI=1S/C17H23N3O/c1-12(21)13-6-8-20(9-7-13)17-10-14(11-18)15-4-2-3-5-16(15)19-17/h2-5,10,12-13,21H,6-9,11,18H2,1H3. The van der Waals surface area contributed by atoms with Gasteiger partial charge in [-0.15, -0.1) is 0 Å². The number of hydrogen-bond acceptors (Lipinski definition) is 4. The molecule has 0 bridgehead atoms. The molecule has 0 spiro atoms. The van der Waals surface area contributed by atoms with Crippen LogP contribution in [0.2, 0.25) is 0 Å². The lowest BCUT2D eigenvalue weighted by atomic mass is 9.92. The minimum atomic E-state index is -0.212. The van der Waals surface area contributed by atoms with E-state index < -0.39 is 0 Å². The summed E-state index contributed by atoms with van der Waals surface area (Å²) in [6, 6.07) is 10.3. The van der Waals surface area contributed by atoms with Crippen LogP contribution < -0.4 is 10.6 Å². The van der Waals surface area contributed by atoms with Crippen molar-refractivity contribution >= 4 is 16.7 Å². The molecule has 0 radical (unpaired) electrons. The van der Waals surface area contributed by atoms with Gasteiger partial charge in [-0.05, 0) is 43.4 Å². The fourth-order valence-corrected chi connectivity index (χ4v) is 3.17. The van der Waals surface area contributed by atoms with Crippen LogP contribution in [0.25, 0.3) is 10.9 Å². The van der Waals surface area contributed by atoms with E-state index in [9.17, 15) is 5.11 Å². The zero-order valence-electron chi connectivity index (χ0n) is 12.5. The molecule has 4 nitrogen and oxygen atoms in total. The highest BCUT2D eigenvalue weighted by Crippen LogP contribution is 2.27. The van der Waals surface area contributed by atoms with Gasteiger partial charge in [0.2, 0.25) is 0 Å². The second kappa shape index (κ2) is 6.00. The summed E-state index contributed by atoms with van der Waals surface area (Å²) >= 11 is 0. The van der Waals surface area contributed by atoms with Crippen LogP contribution in [-0.2, 0) is 6.54 Å². The van der Waals surface area contributed by atoms with Gasteiger partial charge in [-0.25, -0.2) is 4.98 Å². The Bertz CT molecular complexity index is 618. The van der Waals surface area contributed by atoms with Crippen LogP contribution in [0.15, 0.2) is 30.3 Å². The van der Waals surface area contributed by atoms with Crippen LogP contribution >= 0.6 is 0 Å². The zero-order chi connectivity index (χ0) is 14.8. The number of rotatable bonds is 3. The molecule has 1 aliphatic heterocycles. The molecular formula is C17H23N3O. The molecule has 4 heteroatoms. The third kappa shape index (κ3) is 2.87. The van der Waals surface area contributed by atoms with Crippen LogP contribution in [0.5, 0.6) is 0 Å². The number of aromatic nitrogens is 1. The Morgan fingerprint density at radius 2 is 2.05 bits per heavy atom. The Hall–Kier alpha value is -1.65. The third-order valence-corrected chi connectivity index (χ3v) is 4.55. The van der Waals surface area contributed by atoms with Crippen molar-refractivity contribution in [3.05, 3.63) is 35.9 Å². The SMILES string of the molecule is CC(O)C1CCN(c2cc(CN)c3ccccc3n2)CC1. The van der Waals surface area contributed by atoms with Gasteiger partial charge >= 0.3 is 0 Å². The van der Waals surface area contributed by atoms with Crippen LogP contribution in [0, 0.1) is 5.92 Å². The Morgan fingerprint density at radius 1 is 1.33 bits per heavy atom. The van der Waals surface area contributed by atoms with Crippen molar-refractivity contribution in [2.45, 2.75) is 32.4 Å². The summed E-state index contributed by atoms with van der Waals surface area (Å²) in [5, 5.41) is 10.8. The van der Waals surface area contributed by atoms with Gasteiger partial charge in [0, 0.05) is 25.0 Å². The highest BCUT2D eigenvalue weighted by atomic mass is 16.3. The number of hydrogen-bond donors (Lipinski definition) is 2. The lowest BCUT2D eigenvalue weighted by molar-refractivity contribution is 0.110. The van der Waals surface area contributed by atoms with E-state index in [1.807, 2.05) is 25.1 Å². The number of pyridine rings is 1. The Labute approximate surface area is 125 Å². The first-order valence-corrected chi connectivity index (χ1v) is 7.71. The van der Waals surface area contributed by atoms with Crippen LogP contribution in [0.3, 0.4) is 0 Å². The smallest absolute Gasteiger partial charge is 0.129 e. The monoisotopic (exact) mass is 285 g/mol. The first-order valence-electron chi connectivity index (χ1n) is 7.71. The van der Waals surface area contributed by atoms with Gasteiger partial charge in [0.15, 0.2) is 0 Å². The van der Waals surface area contributed by atoms with Gasteiger partial charge in [-0.1, -0.05) is 18.2 Å². The summed E-state index contributed by atoms with van der Waals surface area (Å²) in [6.07, 6.45) is 1.82. The summed E-state index contributed by atoms with van der Waals surface area (Å²) in [7, 11) is 0. The fourth-order valence-electron chi connectivity index (χ4n) is 3.17. The van der Waals surface area contributed by atoms with Crippen LogP contribution in [0.1, 0.15) is 25.3 Å². The summed E-state index contributed by atoms with van der Waals surface area (Å²) in [5.41, 5.74) is 8.05.